The van der Waals surface area contributed by atoms with E-state index in [9.17, 15) is 9.59 Å². The van der Waals surface area contributed by atoms with E-state index in [1.54, 1.807) is 18.2 Å². The van der Waals surface area contributed by atoms with Crippen LogP contribution in [0, 0.1) is 5.92 Å². The second-order valence-electron chi connectivity index (χ2n) is 6.65. The minimum atomic E-state index is -0.165. The summed E-state index contributed by atoms with van der Waals surface area (Å²) in [6, 6.07) is 5.26. The van der Waals surface area contributed by atoms with E-state index in [0.717, 1.165) is 25.7 Å². The van der Waals surface area contributed by atoms with Crippen LogP contribution in [0.25, 0.3) is 0 Å². The number of halogens is 1. The summed E-state index contributed by atoms with van der Waals surface area (Å²) < 4.78 is 0. The standard InChI is InChI=1S/C18H25ClN2O2/c1-12(2)10-17(22)20-14-8-9-16(19)15(11-14)18(23)21-13-6-4-3-5-7-13/h8-9,11-13H,3-7,10H2,1-2H3,(H,20,22)(H,21,23). The second kappa shape index (κ2) is 8.34. The van der Waals surface area contributed by atoms with Crippen molar-refractivity contribution in [1.82, 2.24) is 5.32 Å². The number of amides is 2. The molecule has 0 atom stereocenters. The van der Waals surface area contributed by atoms with Gasteiger partial charge in [-0.15, -0.1) is 0 Å². The molecule has 0 aliphatic heterocycles. The molecule has 4 nitrogen and oxygen atoms in total. The van der Waals surface area contributed by atoms with Crippen molar-refractivity contribution in [2.24, 2.45) is 5.92 Å². The number of hydrogen-bond donors (Lipinski definition) is 2. The summed E-state index contributed by atoms with van der Waals surface area (Å²) in [5, 5.41) is 6.28. The predicted molar refractivity (Wildman–Crippen MR) is 93.9 cm³/mol. The Morgan fingerprint density at radius 2 is 1.91 bits per heavy atom. The number of nitrogens with one attached hydrogen (secondary N) is 2. The molecule has 0 radical (unpaired) electrons. The quantitative estimate of drug-likeness (QED) is 0.837. The van der Waals surface area contributed by atoms with Gasteiger partial charge in [0, 0.05) is 18.2 Å². The number of anilines is 1. The lowest BCUT2D eigenvalue weighted by molar-refractivity contribution is -0.116. The van der Waals surface area contributed by atoms with E-state index in [1.807, 2.05) is 13.8 Å². The normalized spacial score (nSPS) is 15.5. The van der Waals surface area contributed by atoms with Gasteiger partial charge < -0.3 is 10.6 Å². The second-order valence-corrected chi connectivity index (χ2v) is 7.06. The third-order valence-electron chi connectivity index (χ3n) is 4.03. The Kier molecular flexibility index (Phi) is 6.46. The summed E-state index contributed by atoms with van der Waals surface area (Å²) in [4.78, 5) is 24.3. The minimum absolute atomic E-state index is 0.0547. The van der Waals surface area contributed by atoms with Crippen molar-refractivity contribution in [2.45, 2.75) is 58.4 Å². The maximum absolute atomic E-state index is 12.4. The molecule has 23 heavy (non-hydrogen) atoms. The lowest BCUT2D eigenvalue weighted by Crippen LogP contribution is -2.36. The minimum Gasteiger partial charge on any atom is -0.349 e. The van der Waals surface area contributed by atoms with Crippen LogP contribution in [0.2, 0.25) is 5.02 Å². The Bertz CT molecular complexity index is 566. The average molecular weight is 337 g/mol. The van der Waals surface area contributed by atoms with Gasteiger partial charge >= 0.3 is 0 Å². The van der Waals surface area contributed by atoms with E-state index in [2.05, 4.69) is 10.6 Å². The van der Waals surface area contributed by atoms with Gasteiger partial charge in [0.2, 0.25) is 5.91 Å². The van der Waals surface area contributed by atoms with Gasteiger partial charge in [-0.05, 0) is 37.0 Å². The maximum Gasteiger partial charge on any atom is 0.253 e. The van der Waals surface area contributed by atoms with E-state index in [1.165, 1.54) is 6.42 Å². The van der Waals surface area contributed by atoms with E-state index in [0.29, 0.717) is 22.7 Å². The Labute approximate surface area is 143 Å². The van der Waals surface area contributed by atoms with Crippen molar-refractivity contribution in [3.8, 4) is 0 Å². The summed E-state index contributed by atoms with van der Waals surface area (Å²) in [6.45, 7) is 3.98. The number of carbonyl (C=O) groups excluding carboxylic acids is 2. The molecule has 1 saturated carbocycles. The molecule has 2 amide bonds. The monoisotopic (exact) mass is 336 g/mol. The fourth-order valence-electron chi connectivity index (χ4n) is 2.87. The van der Waals surface area contributed by atoms with E-state index >= 15 is 0 Å². The molecule has 126 valence electrons. The zero-order chi connectivity index (χ0) is 16.8. The topological polar surface area (TPSA) is 58.2 Å². The zero-order valence-corrected chi connectivity index (χ0v) is 14.6. The third-order valence-corrected chi connectivity index (χ3v) is 4.36. The molecule has 1 aromatic carbocycles. The first-order valence-electron chi connectivity index (χ1n) is 8.36. The van der Waals surface area contributed by atoms with Crippen LogP contribution in [0.1, 0.15) is 62.7 Å². The van der Waals surface area contributed by atoms with E-state index in [4.69, 9.17) is 11.6 Å². The fraction of sp³-hybridized carbons (Fsp3) is 0.556. The molecule has 0 spiro atoms. The van der Waals surface area contributed by atoms with Gasteiger partial charge in [0.25, 0.3) is 5.91 Å². The van der Waals surface area contributed by atoms with Crippen molar-refractivity contribution in [3.63, 3.8) is 0 Å². The highest BCUT2D eigenvalue weighted by molar-refractivity contribution is 6.34. The number of carbonyl (C=O) groups is 2. The van der Waals surface area contributed by atoms with E-state index in [-0.39, 0.29) is 23.8 Å². The lowest BCUT2D eigenvalue weighted by Gasteiger charge is -2.23. The van der Waals surface area contributed by atoms with Crippen molar-refractivity contribution in [2.75, 3.05) is 5.32 Å². The molecule has 5 heteroatoms. The molecule has 1 fully saturated rings. The van der Waals surface area contributed by atoms with Crippen LogP contribution in [0.15, 0.2) is 18.2 Å². The Morgan fingerprint density at radius 1 is 1.22 bits per heavy atom. The molecule has 1 aromatic rings. The average Bonchev–Trinajstić information content (AvgIpc) is 2.49. The maximum atomic E-state index is 12.4. The molecular formula is C18H25ClN2O2. The Balaban J connectivity index is 2.04. The number of rotatable bonds is 5. The van der Waals surface area contributed by atoms with E-state index < -0.39 is 0 Å². The molecule has 0 unspecified atom stereocenters. The fourth-order valence-corrected chi connectivity index (χ4v) is 3.07. The summed E-state index contributed by atoms with van der Waals surface area (Å²) in [7, 11) is 0. The summed E-state index contributed by atoms with van der Waals surface area (Å²) in [5.41, 5.74) is 1.02. The van der Waals surface area contributed by atoms with Crippen molar-refractivity contribution >= 4 is 29.1 Å². The molecule has 0 saturated heterocycles. The first-order valence-corrected chi connectivity index (χ1v) is 8.73. The largest absolute Gasteiger partial charge is 0.349 e. The Hall–Kier alpha value is -1.55. The lowest BCUT2D eigenvalue weighted by atomic mass is 9.95. The smallest absolute Gasteiger partial charge is 0.253 e. The van der Waals surface area contributed by atoms with Crippen LogP contribution >= 0.6 is 11.6 Å². The van der Waals surface area contributed by atoms with Crippen molar-refractivity contribution in [3.05, 3.63) is 28.8 Å². The molecular weight excluding hydrogens is 312 g/mol. The summed E-state index contributed by atoms with van der Waals surface area (Å²) >= 11 is 6.16. The summed E-state index contributed by atoms with van der Waals surface area (Å²) in [6.07, 6.45) is 6.05. The van der Waals surface area contributed by atoms with Crippen molar-refractivity contribution in [1.29, 1.82) is 0 Å². The zero-order valence-electron chi connectivity index (χ0n) is 13.8. The van der Waals surface area contributed by atoms with Gasteiger partial charge in [0.05, 0.1) is 10.6 Å². The molecule has 0 heterocycles. The number of hydrogen-bond acceptors (Lipinski definition) is 2. The summed E-state index contributed by atoms with van der Waals surface area (Å²) in [5.74, 6) is 0.0687. The van der Waals surface area contributed by atoms with Gasteiger partial charge in [-0.3, -0.25) is 9.59 Å². The van der Waals surface area contributed by atoms with Crippen LogP contribution in [-0.4, -0.2) is 17.9 Å². The van der Waals surface area contributed by atoms with Gasteiger partial charge in [-0.25, -0.2) is 0 Å². The molecule has 2 N–H and O–H groups in total. The van der Waals surface area contributed by atoms with Gasteiger partial charge in [-0.1, -0.05) is 44.7 Å². The molecule has 1 aliphatic carbocycles. The SMILES string of the molecule is CC(C)CC(=O)Nc1ccc(Cl)c(C(=O)NC2CCCCC2)c1. The molecule has 2 rings (SSSR count). The van der Waals surface area contributed by atoms with Crippen LogP contribution in [0.4, 0.5) is 5.69 Å². The molecule has 0 bridgehead atoms. The van der Waals surface area contributed by atoms with Crippen LogP contribution in [0.5, 0.6) is 0 Å². The molecule has 0 aromatic heterocycles. The van der Waals surface area contributed by atoms with Crippen LogP contribution in [0.3, 0.4) is 0 Å². The van der Waals surface area contributed by atoms with Crippen LogP contribution in [-0.2, 0) is 4.79 Å². The highest BCUT2D eigenvalue weighted by atomic mass is 35.5. The number of benzene rings is 1. The molecule has 1 aliphatic rings. The first-order chi connectivity index (χ1) is 11.0. The van der Waals surface area contributed by atoms with Crippen molar-refractivity contribution < 1.29 is 9.59 Å². The highest BCUT2D eigenvalue weighted by Gasteiger charge is 2.19. The predicted octanol–water partition coefficient (Wildman–Crippen LogP) is 4.39. The van der Waals surface area contributed by atoms with Gasteiger partial charge in [0.1, 0.15) is 0 Å². The van der Waals surface area contributed by atoms with Crippen LogP contribution < -0.4 is 10.6 Å². The Morgan fingerprint density at radius 3 is 2.57 bits per heavy atom. The highest BCUT2D eigenvalue weighted by Crippen LogP contribution is 2.23. The third kappa shape index (κ3) is 5.54. The first kappa shape index (κ1) is 17.8. The van der Waals surface area contributed by atoms with Gasteiger partial charge in [0.15, 0.2) is 0 Å². The van der Waals surface area contributed by atoms with Gasteiger partial charge in [-0.2, -0.15) is 0 Å².